The smallest absolute Gasteiger partial charge is 0.223 e. The number of hydrogen-bond donors (Lipinski definition) is 2. The molecule has 1 saturated carbocycles. The maximum Gasteiger partial charge on any atom is 0.223 e. The van der Waals surface area contributed by atoms with E-state index in [1.54, 1.807) is 0 Å². The van der Waals surface area contributed by atoms with Crippen LogP contribution in [-0.2, 0) is 4.79 Å². The number of carbonyl (C=O) groups is 1. The minimum Gasteiger partial charge on any atom is -0.354 e. The first-order valence-electron chi connectivity index (χ1n) is 6.94. The van der Waals surface area contributed by atoms with E-state index in [0.29, 0.717) is 12.5 Å². The van der Waals surface area contributed by atoms with Gasteiger partial charge in [-0.1, -0.05) is 6.92 Å². The summed E-state index contributed by atoms with van der Waals surface area (Å²) in [4.78, 5) is 14.3. The van der Waals surface area contributed by atoms with Crippen molar-refractivity contribution in [3.05, 3.63) is 0 Å². The average molecular weight is 255 g/mol. The van der Waals surface area contributed by atoms with Crippen LogP contribution in [0, 0.1) is 11.8 Å². The predicted molar refractivity (Wildman–Crippen MR) is 75.3 cm³/mol. The number of carbonyl (C=O) groups excluding carboxylic acids is 1. The van der Waals surface area contributed by atoms with Gasteiger partial charge < -0.3 is 16.0 Å². The first-order valence-corrected chi connectivity index (χ1v) is 6.94. The highest BCUT2D eigenvalue weighted by atomic mass is 16.1. The Bertz CT molecular complexity index is 289. The summed E-state index contributed by atoms with van der Waals surface area (Å²) in [5.74, 6) is 0.739. The lowest BCUT2D eigenvalue weighted by Gasteiger charge is -2.35. The highest BCUT2D eigenvalue weighted by molar-refractivity contribution is 5.79. The molecule has 0 aromatic carbocycles. The molecule has 0 radical (unpaired) electrons. The van der Waals surface area contributed by atoms with Gasteiger partial charge >= 0.3 is 0 Å². The number of nitrogens with one attached hydrogen (secondary N) is 1. The Kier molecular flexibility index (Phi) is 5.17. The van der Waals surface area contributed by atoms with Gasteiger partial charge in [0.25, 0.3) is 0 Å². The van der Waals surface area contributed by atoms with Crippen LogP contribution >= 0.6 is 0 Å². The van der Waals surface area contributed by atoms with Crippen molar-refractivity contribution in [3.63, 3.8) is 0 Å². The topological polar surface area (TPSA) is 58.4 Å². The minimum absolute atomic E-state index is 0.00995. The van der Waals surface area contributed by atoms with E-state index in [1.165, 1.54) is 0 Å². The molecule has 3 unspecified atom stereocenters. The molecule has 18 heavy (non-hydrogen) atoms. The maximum atomic E-state index is 12.2. The first-order chi connectivity index (χ1) is 8.24. The van der Waals surface area contributed by atoms with Crippen LogP contribution in [0.4, 0.5) is 0 Å². The lowest BCUT2D eigenvalue weighted by molar-refractivity contribution is -0.128. The van der Waals surface area contributed by atoms with Crippen LogP contribution in [0.2, 0.25) is 0 Å². The van der Waals surface area contributed by atoms with Gasteiger partial charge in [0, 0.05) is 24.0 Å². The van der Waals surface area contributed by atoms with Crippen molar-refractivity contribution < 1.29 is 4.79 Å². The lowest BCUT2D eigenvalue weighted by atomic mass is 9.77. The monoisotopic (exact) mass is 255 g/mol. The normalized spacial score (nSPS) is 29.4. The fraction of sp³-hybridized carbons (Fsp3) is 0.929. The van der Waals surface area contributed by atoms with Crippen molar-refractivity contribution in [2.45, 2.75) is 51.6 Å². The Morgan fingerprint density at radius 3 is 2.50 bits per heavy atom. The molecule has 0 aliphatic heterocycles. The molecular formula is C14H29N3O. The van der Waals surface area contributed by atoms with E-state index in [-0.39, 0.29) is 23.4 Å². The fourth-order valence-corrected chi connectivity index (χ4v) is 2.42. The zero-order valence-corrected chi connectivity index (χ0v) is 12.5. The molecule has 0 bridgehead atoms. The van der Waals surface area contributed by atoms with Crippen molar-refractivity contribution in [2.75, 3.05) is 20.6 Å². The number of hydrogen-bond acceptors (Lipinski definition) is 3. The van der Waals surface area contributed by atoms with Crippen LogP contribution in [0.15, 0.2) is 0 Å². The van der Waals surface area contributed by atoms with E-state index in [4.69, 9.17) is 5.73 Å². The molecule has 1 aliphatic rings. The highest BCUT2D eigenvalue weighted by Gasteiger charge is 2.31. The summed E-state index contributed by atoms with van der Waals surface area (Å²) < 4.78 is 0. The molecule has 0 saturated heterocycles. The number of likely N-dealkylation sites (N-methyl/N-ethyl adjacent to an activating group) is 1. The molecule has 1 amide bonds. The minimum atomic E-state index is -0.00995. The van der Waals surface area contributed by atoms with Crippen LogP contribution in [0.3, 0.4) is 0 Å². The van der Waals surface area contributed by atoms with Crippen molar-refractivity contribution in [1.82, 2.24) is 10.2 Å². The van der Waals surface area contributed by atoms with Gasteiger partial charge in [-0.15, -0.1) is 0 Å². The molecule has 4 nitrogen and oxygen atoms in total. The van der Waals surface area contributed by atoms with Crippen LogP contribution in [-0.4, -0.2) is 43.0 Å². The molecule has 1 rings (SSSR count). The van der Waals surface area contributed by atoms with E-state index in [9.17, 15) is 4.79 Å². The third-order valence-corrected chi connectivity index (χ3v) is 4.45. The molecule has 0 spiro atoms. The molecule has 1 aliphatic carbocycles. The Labute approximate surface area is 111 Å². The molecule has 3 N–H and O–H groups in total. The summed E-state index contributed by atoms with van der Waals surface area (Å²) >= 11 is 0. The molecule has 4 heteroatoms. The van der Waals surface area contributed by atoms with Crippen molar-refractivity contribution in [2.24, 2.45) is 17.6 Å². The van der Waals surface area contributed by atoms with Gasteiger partial charge in [0.2, 0.25) is 5.91 Å². The Balaban J connectivity index is 2.46. The Hall–Kier alpha value is -0.610. The van der Waals surface area contributed by atoms with Gasteiger partial charge in [0.1, 0.15) is 0 Å². The van der Waals surface area contributed by atoms with E-state index >= 15 is 0 Å². The summed E-state index contributed by atoms with van der Waals surface area (Å²) in [5, 5.41) is 3.10. The standard InChI is InChI=1S/C14H29N3O/c1-10-8-11(15)6-7-12(10)13(18)16-9-14(2,3)17(4)5/h10-12H,6-9,15H2,1-5H3,(H,16,18). The second-order valence-corrected chi connectivity index (χ2v) is 6.58. The summed E-state index contributed by atoms with van der Waals surface area (Å²) in [6.07, 6.45) is 2.87. The number of rotatable bonds is 4. The fourth-order valence-electron chi connectivity index (χ4n) is 2.42. The average Bonchev–Trinajstić information content (AvgIpc) is 2.25. The van der Waals surface area contributed by atoms with Crippen LogP contribution in [0.1, 0.15) is 40.0 Å². The van der Waals surface area contributed by atoms with Crippen LogP contribution < -0.4 is 11.1 Å². The zero-order valence-electron chi connectivity index (χ0n) is 12.5. The van der Waals surface area contributed by atoms with Gasteiger partial charge in [-0.2, -0.15) is 0 Å². The van der Waals surface area contributed by atoms with E-state index in [1.807, 2.05) is 14.1 Å². The summed E-state index contributed by atoms with van der Waals surface area (Å²) in [6, 6.07) is 0.280. The lowest BCUT2D eigenvalue weighted by Crippen LogP contribution is -2.50. The molecule has 0 aromatic rings. The molecule has 1 fully saturated rings. The zero-order chi connectivity index (χ0) is 13.9. The van der Waals surface area contributed by atoms with Crippen LogP contribution in [0.5, 0.6) is 0 Å². The maximum absolute atomic E-state index is 12.2. The Morgan fingerprint density at radius 1 is 1.39 bits per heavy atom. The van der Waals surface area contributed by atoms with Gasteiger partial charge in [0.15, 0.2) is 0 Å². The highest BCUT2D eigenvalue weighted by Crippen LogP contribution is 2.29. The number of nitrogens with two attached hydrogens (primary N) is 1. The SMILES string of the molecule is CC1CC(N)CCC1C(=O)NCC(C)(C)N(C)C. The third-order valence-electron chi connectivity index (χ3n) is 4.45. The van der Waals surface area contributed by atoms with Gasteiger partial charge in [-0.25, -0.2) is 0 Å². The van der Waals surface area contributed by atoms with Crippen molar-refractivity contribution >= 4 is 5.91 Å². The Morgan fingerprint density at radius 2 is 2.00 bits per heavy atom. The number of amides is 1. The second kappa shape index (κ2) is 6.02. The summed E-state index contributed by atoms with van der Waals surface area (Å²) in [5.41, 5.74) is 5.92. The predicted octanol–water partition coefficient (Wildman–Crippen LogP) is 1.21. The largest absolute Gasteiger partial charge is 0.354 e. The summed E-state index contributed by atoms with van der Waals surface area (Å²) in [6.45, 7) is 7.09. The van der Waals surface area contributed by atoms with Gasteiger partial charge in [-0.3, -0.25) is 4.79 Å². The van der Waals surface area contributed by atoms with E-state index < -0.39 is 0 Å². The first kappa shape index (κ1) is 15.4. The van der Waals surface area contributed by atoms with E-state index in [2.05, 4.69) is 31.0 Å². The molecule has 0 aromatic heterocycles. The molecule has 0 heterocycles. The van der Waals surface area contributed by atoms with Crippen molar-refractivity contribution in [1.29, 1.82) is 0 Å². The van der Waals surface area contributed by atoms with E-state index in [0.717, 1.165) is 19.3 Å². The molecule has 106 valence electrons. The second-order valence-electron chi connectivity index (χ2n) is 6.58. The molecule has 3 atom stereocenters. The third kappa shape index (κ3) is 3.95. The summed E-state index contributed by atoms with van der Waals surface area (Å²) in [7, 11) is 4.07. The van der Waals surface area contributed by atoms with Crippen molar-refractivity contribution in [3.8, 4) is 0 Å². The number of nitrogens with zero attached hydrogens (tertiary/aromatic N) is 1. The van der Waals surface area contributed by atoms with Gasteiger partial charge in [-0.05, 0) is 53.1 Å². The quantitative estimate of drug-likeness (QED) is 0.794. The van der Waals surface area contributed by atoms with Crippen LogP contribution in [0.25, 0.3) is 0 Å². The molecular weight excluding hydrogens is 226 g/mol. The van der Waals surface area contributed by atoms with Gasteiger partial charge in [0.05, 0.1) is 0 Å².